The molecular weight excluding hydrogens is 349 g/mol. The van der Waals surface area contributed by atoms with Gasteiger partial charge in [-0.1, -0.05) is 0 Å². The number of piperidine rings is 1. The van der Waals surface area contributed by atoms with Crippen molar-refractivity contribution in [3.63, 3.8) is 0 Å². The standard InChI is InChI=1S/C17H19F3N4O2/c1-11-4-2-3-7-24(11)15(25)9-21-16-13-6-5-12(26-17(18,19)20)8-14(13)22-10-23-16/h5-6,8,10-11H,2-4,7,9H2,1H3,(H,21,22,23). The first kappa shape index (κ1) is 18.2. The van der Waals surface area contributed by atoms with Gasteiger partial charge < -0.3 is 15.0 Å². The summed E-state index contributed by atoms with van der Waals surface area (Å²) in [5.74, 6) is 0.0143. The number of aromatic nitrogens is 2. The molecular formula is C17H19F3N4O2. The minimum Gasteiger partial charge on any atom is -0.406 e. The van der Waals surface area contributed by atoms with Crippen LogP contribution in [0.4, 0.5) is 19.0 Å². The molecule has 6 nitrogen and oxygen atoms in total. The molecule has 3 rings (SSSR count). The summed E-state index contributed by atoms with van der Waals surface area (Å²) < 4.78 is 40.9. The zero-order chi connectivity index (χ0) is 18.7. The summed E-state index contributed by atoms with van der Waals surface area (Å²) in [6.07, 6.45) is -0.425. The summed E-state index contributed by atoms with van der Waals surface area (Å²) in [4.78, 5) is 22.3. The average Bonchev–Trinajstić information content (AvgIpc) is 2.58. The quantitative estimate of drug-likeness (QED) is 0.897. The van der Waals surface area contributed by atoms with E-state index in [4.69, 9.17) is 0 Å². The molecule has 1 saturated heterocycles. The van der Waals surface area contributed by atoms with Gasteiger partial charge in [0.25, 0.3) is 0 Å². The summed E-state index contributed by atoms with van der Waals surface area (Å²) in [6, 6.07) is 4.03. The van der Waals surface area contributed by atoms with Gasteiger partial charge in [0.1, 0.15) is 17.9 Å². The highest BCUT2D eigenvalue weighted by Gasteiger charge is 2.31. The van der Waals surface area contributed by atoms with Gasteiger partial charge in [-0.05, 0) is 38.3 Å². The van der Waals surface area contributed by atoms with Crippen molar-refractivity contribution in [1.29, 1.82) is 0 Å². The Labute approximate surface area is 148 Å². The summed E-state index contributed by atoms with van der Waals surface area (Å²) in [5, 5.41) is 3.48. The SMILES string of the molecule is CC1CCCCN1C(=O)CNc1ncnc2cc(OC(F)(F)F)ccc12. The molecule has 26 heavy (non-hydrogen) atoms. The van der Waals surface area contributed by atoms with Crippen molar-refractivity contribution in [3.8, 4) is 5.75 Å². The maximum atomic E-state index is 12.4. The summed E-state index contributed by atoms with van der Waals surface area (Å²) >= 11 is 0. The average molecular weight is 368 g/mol. The molecule has 0 saturated carbocycles. The number of carbonyl (C=O) groups is 1. The molecule has 1 amide bonds. The Bertz CT molecular complexity index is 797. The van der Waals surface area contributed by atoms with Gasteiger partial charge in [-0.25, -0.2) is 9.97 Å². The smallest absolute Gasteiger partial charge is 0.406 e. The Kier molecular flexibility index (Phi) is 5.15. The van der Waals surface area contributed by atoms with E-state index in [1.165, 1.54) is 24.5 Å². The van der Waals surface area contributed by atoms with Crippen LogP contribution >= 0.6 is 0 Å². The van der Waals surface area contributed by atoms with E-state index >= 15 is 0 Å². The van der Waals surface area contributed by atoms with Crippen LogP contribution < -0.4 is 10.1 Å². The molecule has 1 unspecified atom stereocenters. The van der Waals surface area contributed by atoms with Crippen LogP contribution in [0.25, 0.3) is 10.9 Å². The van der Waals surface area contributed by atoms with E-state index in [1.54, 1.807) is 0 Å². The molecule has 1 atom stereocenters. The second-order valence-corrected chi connectivity index (χ2v) is 6.23. The summed E-state index contributed by atoms with van der Waals surface area (Å²) in [5.41, 5.74) is 0.294. The fourth-order valence-corrected chi connectivity index (χ4v) is 3.10. The molecule has 140 valence electrons. The molecule has 0 bridgehead atoms. The Hall–Kier alpha value is -2.58. The van der Waals surface area contributed by atoms with Crippen LogP contribution in [0.15, 0.2) is 24.5 Å². The van der Waals surface area contributed by atoms with Crippen molar-refractivity contribution in [2.45, 2.75) is 38.6 Å². The number of rotatable bonds is 4. The van der Waals surface area contributed by atoms with Gasteiger partial charge in [0, 0.05) is 24.0 Å². The topological polar surface area (TPSA) is 67.4 Å². The number of alkyl halides is 3. The second kappa shape index (κ2) is 7.35. The number of halogens is 3. The molecule has 1 aromatic heterocycles. The highest BCUT2D eigenvalue weighted by molar-refractivity contribution is 5.91. The minimum atomic E-state index is -4.76. The third-order valence-corrected chi connectivity index (χ3v) is 4.37. The summed E-state index contributed by atoms with van der Waals surface area (Å²) in [6.45, 7) is 2.83. The lowest BCUT2D eigenvalue weighted by molar-refractivity contribution is -0.274. The van der Waals surface area contributed by atoms with E-state index in [1.807, 2.05) is 11.8 Å². The number of hydrogen-bond donors (Lipinski definition) is 1. The first-order valence-corrected chi connectivity index (χ1v) is 8.37. The Morgan fingerprint density at radius 1 is 1.35 bits per heavy atom. The van der Waals surface area contributed by atoms with E-state index in [0.29, 0.717) is 16.7 Å². The molecule has 2 aromatic rings. The molecule has 0 radical (unpaired) electrons. The van der Waals surface area contributed by atoms with E-state index in [0.717, 1.165) is 25.8 Å². The third kappa shape index (κ3) is 4.33. The molecule has 1 aliphatic rings. The predicted molar refractivity (Wildman–Crippen MR) is 89.7 cm³/mol. The zero-order valence-electron chi connectivity index (χ0n) is 14.2. The van der Waals surface area contributed by atoms with Crippen molar-refractivity contribution < 1.29 is 22.7 Å². The van der Waals surface area contributed by atoms with E-state index < -0.39 is 6.36 Å². The van der Waals surface area contributed by atoms with Crippen molar-refractivity contribution in [2.24, 2.45) is 0 Å². The van der Waals surface area contributed by atoms with Gasteiger partial charge in [0.2, 0.25) is 5.91 Å². The zero-order valence-corrected chi connectivity index (χ0v) is 14.2. The van der Waals surface area contributed by atoms with Crippen molar-refractivity contribution >= 4 is 22.6 Å². The van der Waals surface area contributed by atoms with Crippen LogP contribution in [0, 0.1) is 0 Å². The maximum absolute atomic E-state index is 12.4. The number of nitrogens with zero attached hydrogens (tertiary/aromatic N) is 3. The molecule has 1 fully saturated rings. The van der Waals surface area contributed by atoms with Gasteiger partial charge in [0.05, 0.1) is 12.1 Å². The largest absolute Gasteiger partial charge is 0.573 e. The fourth-order valence-electron chi connectivity index (χ4n) is 3.10. The van der Waals surface area contributed by atoms with Crippen LogP contribution in [0.3, 0.4) is 0 Å². The molecule has 0 aliphatic carbocycles. The van der Waals surface area contributed by atoms with Gasteiger partial charge in [0.15, 0.2) is 0 Å². The van der Waals surface area contributed by atoms with Gasteiger partial charge in [-0.3, -0.25) is 4.79 Å². The molecule has 1 N–H and O–H groups in total. The lowest BCUT2D eigenvalue weighted by atomic mass is 10.0. The number of fused-ring (bicyclic) bond motifs is 1. The first-order valence-electron chi connectivity index (χ1n) is 8.37. The lowest BCUT2D eigenvalue weighted by Crippen LogP contribution is -2.44. The number of hydrogen-bond acceptors (Lipinski definition) is 5. The van der Waals surface area contributed by atoms with Crippen molar-refractivity contribution in [2.75, 3.05) is 18.4 Å². The molecule has 2 heterocycles. The molecule has 0 spiro atoms. The third-order valence-electron chi connectivity index (χ3n) is 4.37. The highest BCUT2D eigenvalue weighted by Crippen LogP contribution is 2.28. The van der Waals surface area contributed by atoms with Crippen LogP contribution in [0.1, 0.15) is 26.2 Å². The van der Waals surface area contributed by atoms with Gasteiger partial charge in [-0.2, -0.15) is 0 Å². The normalized spacial score (nSPS) is 18.0. The number of benzene rings is 1. The fraction of sp³-hybridized carbons (Fsp3) is 0.471. The van der Waals surface area contributed by atoms with E-state index in [9.17, 15) is 18.0 Å². The molecule has 9 heteroatoms. The highest BCUT2D eigenvalue weighted by atomic mass is 19.4. The number of likely N-dealkylation sites (tertiary alicyclic amines) is 1. The monoisotopic (exact) mass is 368 g/mol. The first-order chi connectivity index (χ1) is 12.3. The number of ether oxygens (including phenoxy) is 1. The van der Waals surface area contributed by atoms with Crippen LogP contribution in [-0.2, 0) is 4.79 Å². The van der Waals surface area contributed by atoms with Crippen LogP contribution in [-0.4, -0.2) is 46.3 Å². The Morgan fingerprint density at radius 3 is 2.88 bits per heavy atom. The molecule has 1 aromatic carbocycles. The van der Waals surface area contributed by atoms with Crippen molar-refractivity contribution in [1.82, 2.24) is 14.9 Å². The van der Waals surface area contributed by atoms with E-state index in [2.05, 4.69) is 20.0 Å². The summed E-state index contributed by atoms with van der Waals surface area (Å²) in [7, 11) is 0. The maximum Gasteiger partial charge on any atom is 0.573 e. The van der Waals surface area contributed by atoms with Crippen LogP contribution in [0.5, 0.6) is 5.75 Å². The number of anilines is 1. The second-order valence-electron chi connectivity index (χ2n) is 6.23. The predicted octanol–water partition coefficient (Wildman–Crippen LogP) is 3.34. The lowest BCUT2D eigenvalue weighted by Gasteiger charge is -2.33. The van der Waals surface area contributed by atoms with Gasteiger partial charge in [-0.15, -0.1) is 13.2 Å². The van der Waals surface area contributed by atoms with E-state index in [-0.39, 0.29) is 24.2 Å². The Morgan fingerprint density at radius 2 is 2.15 bits per heavy atom. The van der Waals surface area contributed by atoms with Crippen molar-refractivity contribution in [3.05, 3.63) is 24.5 Å². The molecule has 1 aliphatic heterocycles. The number of carbonyl (C=O) groups excluding carboxylic acids is 1. The minimum absolute atomic E-state index is 0.0269. The Balaban J connectivity index is 1.72. The van der Waals surface area contributed by atoms with Crippen LogP contribution in [0.2, 0.25) is 0 Å². The van der Waals surface area contributed by atoms with Gasteiger partial charge >= 0.3 is 6.36 Å². The number of amides is 1. The number of nitrogens with one attached hydrogen (secondary N) is 1.